The van der Waals surface area contributed by atoms with Crippen molar-refractivity contribution in [2.75, 3.05) is 0 Å². The number of hydrogen-bond acceptors (Lipinski definition) is 1. The van der Waals surface area contributed by atoms with Crippen LogP contribution in [-0.4, -0.2) is 4.83 Å². The van der Waals surface area contributed by atoms with Gasteiger partial charge in [-0.3, -0.25) is 0 Å². The summed E-state index contributed by atoms with van der Waals surface area (Å²) >= 11 is 5.35. The molecule has 1 aromatic rings. The second kappa shape index (κ2) is 5.76. The Bertz CT molecular complexity index is 192. The second-order valence-corrected chi connectivity index (χ2v) is 5.50. The van der Waals surface area contributed by atoms with E-state index in [1.54, 1.807) is 11.3 Å². The highest BCUT2D eigenvalue weighted by atomic mass is 79.9. The summed E-state index contributed by atoms with van der Waals surface area (Å²) in [5, 5.41) is 4.40. The van der Waals surface area contributed by atoms with Crippen LogP contribution in [0.2, 0.25) is 0 Å². The van der Waals surface area contributed by atoms with Crippen molar-refractivity contribution in [1.82, 2.24) is 0 Å². The van der Waals surface area contributed by atoms with Crippen LogP contribution in [0.1, 0.15) is 31.7 Å². The number of unbranched alkanes of at least 4 members (excludes halogenated alkanes) is 1. The van der Waals surface area contributed by atoms with Gasteiger partial charge in [0.05, 0.1) is 0 Å². The molecule has 0 radical (unpaired) electrons. The maximum Gasteiger partial charge on any atom is 0.0117 e. The zero-order chi connectivity index (χ0) is 8.81. The number of thiophene rings is 1. The standard InChI is InChI=1S/C10H15BrS/c1-9(11)4-2-3-5-10-6-7-12-8-10/h6-9H,2-5H2,1H3. The van der Waals surface area contributed by atoms with E-state index in [-0.39, 0.29) is 0 Å². The van der Waals surface area contributed by atoms with Crippen molar-refractivity contribution in [3.05, 3.63) is 22.4 Å². The molecule has 0 saturated heterocycles. The highest BCUT2D eigenvalue weighted by Crippen LogP contribution is 2.13. The molecule has 68 valence electrons. The maximum atomic E-state index is 3.56. The van der Waals surface area contributed by atoms with Crippen LogP contribution >= 0.6 is 27.3 Å². The number of rotatable bonds is 5. The molecule has 0 aliphatic rings. The van der Waals surface area contributed by atoms with Crippen molar-refractivity contribution in [3.63, 3.8) is 0 Å². The zero-order valence-electron chi connectivity index (χ0n) is 7.42. The van der Waals surface area contributed by atoms with Crippen molar-refractivity contribution in [1.29, 1.82) is 0 Å². The molecule has 0 spiro atoms. The summed E-state index contributed by atoms with van der Waals surface area (Å²) in [6.07, 6.45) is 5.21. The largest absolute Gasteiger partial charge is 0.152 e. The van der Waals surface area contributed by atoms with Gasteiger partial charge < -0.3 is 0 Å². The van der Waals surface area contributed by atoms with Crippen LogP contribution in [0.25, 0.3) is 0 Å². The van der Waals surface area contributed by atoms with Crippen LogP contribution in [0.3, 0.4) is 0 Å². The molecule has 0 aliphatic carbocycles. The van der Waals surface area contributed by atoms with E-state index in [9.17, 15) is 0 Å². The highest BCUT2D eigenvalue weighted by Gasteiger charge is 1.96. The summed E-state index contributed by atoms with van der Waals surface area (Å²) in [4.78, 5) is 0.681. The molecule has 1 heterocycles. The monoisotopic (exact) mass is 246 g/mol. The molecule has 1 unspecified atom stereocenters. The van der Waals surface area contributed by atoms with Crippen LogP contribution in [0.5, 0.6) is 0 Å². The van der Waals surface area contributed by atoms with E-state index in [1.165, 1.54) is 31.2 Å². The topological polar surface area (TPSA) is 0 Å². The lowest BCUT2D eigenvalue weighted by Gasteiger charge is -2.01. The molecule has 0 aromatic carbocycles. The fourth-order valence-corrected chi connectivity index (χ4v) is 2.22. The van der Waals surface area contributed by atoms with Crippen LogP contribution in [0.15, 0.2) is 16.8 Å². The van der Waals surface area contributed by atoms with Gasteiger partial charge in [-0.1, -0.05) is 29.3 Å². The zero-order valence-corrected chi connectivity index (χ0v) is 9.83. The first-order valence-electron chi connectivity index (χ1n) is 4.44. The minimum Gasteiger partial charge on any atom is -0.152 e. The van der Waals surface area contributed by atoms with Gasteiger partial charge >= 0.3 is 0 Å². The summed E-state index contributed by atoms with van der Waals surface area (Å²) < 4.78 is 0. The lowest BCUT2D eigenvalue weighted by atomic mass is 10.1. The first-order valence-corrected chi connectivity index (χ1v) is 6.30. The Morgan fingerprint density at radius 2 is 2.33 bits per heavy atom. The van der Waals surface area contributed by atoms with Gasteiger partial charge in [0.2, 0.25) is 0 Å². The fourth-order valence-electron chi connectivity index (χ4n) is 1.19. The molecule has 0 saturated carbocycles. The average Bonchev–Trinajstić information content (AvgIpc) is 2.49. The fraction of sp³-hybridized carbons (Fsp3) is 0.600. The molecule has 0 nitrogen and oxygen atoms in total. The Labute approximate surface area is 87.1 Å². The summed E-state index contributed by atoms with van der Waals surface area (Å²) in [5.41, 5.74) is 1.50. The number of alkyl halides is 1. The van der Waals surface area contributed by atoms with Crippen LogP contribution in [0, 0.1) is 0 Å². The molecule has 1 rings (SSSR count). The molecule has 0 fully saturated rings. The van der Waals surface area contributed by atoms with Crippen molar-refractivity contribution in [2.24, 2.45) is 0 Å². The van der Waals surface area contributed by atoms with Gasteiger partial charge in [-0.25, -0.2) is 0 Å². The van der Waals surface area contributed by atoms with Gasteiger partial charge in [-0.2, -0.15) is 11.3 Å². The summed E-state index contributed by atoms with van der Waals surface area (Å²) in [7, 11) is 0. The smallest absolute Gasteiger partial charge is 0.0117 e. The van der Waals surface area contributed by atoms with Crippen molar-refractivity contribution < 1.29 is 0 Å². The third kappa shape index (κ3) is 4.27. The first kappa shape index (κ1) is 10.3. The third-order valence-electron chi connectivity index (χ3n) is 1.90. The number of halogens is 1. The first-order chi connectivity index (χ1) is 5.79. The molecular weight excluding hydrogens is 232 g/mol. The van der Waals surface area contributed by atoms with Crippen LogP contribution < -0.4 is 0 Å². The molecule has 2 heteroatoms. The summed E-state index contributed by atoms with van der Waals surface area (Å²) in [5.74, 6) is 0. The second-order valence-electron chi connectivity index (χ2n) is 3.16. The van der Waals surface area contributed by atoms with E-state index in [0.717, 1.165) is 0 Å². The normalized spacial score (nSPS) is 13.2. The Morgan fingerprint density at radius 3 is 2.92 bits per heavy atom. The summed E-state index contributed by atoms with van der Waals surface area (Å²) in [6, 6.07) is 2.22. The maximum absolute atomic E-state index is 3.56. The van der Waals surface area contributed by atoms with E-state index < -0.39 is 0 Å². The molecule has 0 aliphatic heterocycles. The molecule has 0 N–H and O–H groups in total. The average molecular weight is 247 g/mol. The van der Waals surface area contributed by atoms with Gasteiger partial charge in [0.1, 0.15) is 0 Å². The van der Waals surface area contributed by atoms with Gasteiger partial charge in [0.25, 0.3) is 0 Å². The van der Waals surface area contributed by atoms with E-state index in [1.807, 2.05) is 0 Å². The molecule has 12 heavy (non-hydrogen) atoms. The van der Waals surface area contributed by atoms with Crippen LogP contribution in [0.4, 0.5) is 0 Å². The third-order valence-corrected chi connectivity index (χ3v) is 3.09. The van der Waals surface area contributed by atoms with Gasteiger partial charge in [0.15, 0.2) is 0 Å². The van der Waals surface area contributed by atoms with Crippen molar-refractivity contribution in [3.8, 4) is 0 Å². The van der Waals surface area contributed by atoms with E-state index in [0.29, 0.717) is 4.83 Å². The SMILES string of the molecule is CC(Br)CCCCc1ccsc1. The minimum atomic E-state index is 0.681. The van der Waals surface area contributed by atoms with Gasteiger partial charge in [-0.05, 0) is 41.7 Å². The van der Waals surface area contributed by atoms with Crippen LogP contribution in [-0.2, 0) is 6.42 Å². The molecule has 1 aromatic heterocycles. The molecule has 0 amide bonds. The predicted octanol–water partition coefficient (Wildman–Crippen LogP) is 4.24. The Morgan fingerprint density at radius 1 is 1.50 bits per heavy atom. The summed E-state index contributed by atoms with van der Waals surface area (Å²) in [6.45, 7) is 2.21. The Kier molecular flexibility index (Phi) is 4.93. The Balaban J connectivity index is 2.04. The van der Waals surface area contributed by atoms with Gasteiger partial charge in [0, 0.05) is 4.83 Å². The number of hydrogen-bond donors (Lipinski definition) is 0. The lowest BCUT2D eigenvalue weighted by Crippen LogP contribution is -1.90. The van der Waals surface area contributed by atoms with E-state index in [2.05, 4.69) is 39.7 Å². The van der Waals surface area contributed by atoms with Crippen molar-refractivity contribution >= 4 is 27.3 Å². The number of aryl methyl sites for hydroxylation is 1. The quantitative estimate of drug-likeness (QED) is 0.539. The van der Waals surface area contributed by atoms with E-state index >= 15 is 0 Å². The molecule has 0 bridgehead atoms. The van der Waals surface area contributed by atoms with Gasteiger partial charge in [-0.15, -0.1) is 0 Å². The predicted molar refractivity (Wildman–Crippen MR) is 60.3 cm³/mol. The van der Waals surface area contributed by atoms with E-state index in [4.69, 9.17) is 0 Å². The lowest BCUT2D eigenvalue weighted by molar-refractivity contribution is 0.681. The molecular formula is C10H15BrS. The Hall–Kier alpha value is 0.180. The van der Waals surface area contributed by atoms with Crippen molar-refractivity contribution in [2.45, 2.75) is 37.4 Å². The highest BCUT2D eigenvalue weighted by molar-refractivity contribution is 9.09. The minimum absolute atomic E-state index is 0.681. The molecule has 1 atom stereocenters.